The van der Waals surface area contributed by atoms with Crippen LogP contribution >= 0.6 is 0 Å². The van der Waals surface area contributed by atoms with Gasteiger partial charge < -0.3 is 9.47 Å². The molecule has 1 aliphatic heterocycles. The zero-order chi connectivity index (χ0) is 17.9. The zero-order valence-electron chi connectivity index (χ0n) is 16.0. The molecule has 0 aliphatic carbocycles. The van der Waals surface area contributed by atoms with Gasteiger partial charge in [-0.25, -0.2) is 0 Å². The molecule has 3 heteroatoms. The molecule has 1 aromatic rings. The van der Waals surface area contributed by atoms with Crippen molar-refractivity contribution in [2.45, 2.75) is 89.8 Å². The molecule has 0 unspecified atom stereocenters. The van der Waals surface area contributed by atoms with E-state index < -0.39 is 0 Å². The van der Waals surface area contributed by atoms with Crippen molar-refractivity contribution >= 4 is 5.97 Å². The minimum Gasteiger partial charge on any atom is -0.469 e. The topological polar surface area (TPSA) is 38.8 Å². The Morgan fingerprint density at radius 1 is 1.00 bits per heavy atom. The van der Waals surface area contributed by atoms with Crippen LogP contribution in [0, 0.1) is 0 Å². The van der Waals surface area contributed by atoms with Crippen molar-refractivity contribution in [1.29, 1.82) is 0 Å². The lowest BCUT2D eigenvalue weighted by Crippen LogP contribution is -2.00. The van der Waals surface area contributed by atoms with Crippen molar-refractivity contribution in [2.24, 2.45) is 0 Å². The minimum atomic E-state index is -0.116. The molecule has 3 nitrogen and oxygen atoms in total. The lowest BCUT2D eigenvalue weighted by atomic mass is 10.0. The van der Waals surface area contributed by atoms with Gasteiger partial charge in [-0.05, 0) is 36.8 Å². The Balaban J connectivity index is 1.58. The van der Waals surface area contributed by atoms with Crippen molar-refractivity contribution < 1.29 is 14.3 Å². The number of unbranched alkanes of at least 4 members (excludes halogenated alkanes) is 6. The number of epoxide rings is 1. The summed E-state index contributed by atoms with van der Waals surface area (Å²) >= 11 is 0. The molecule has 1 aromatic carbocycles. The smallest absolute Gasteiger partial charge is 0.305 e. The highest BCUT2D eigenvalue weighted by atomic mass is 16.6. The largest absolute Gasteiger partial charge is 0.469 e. The summed E-state index contributed by atoms with van der Waals surface area (Å²) in [6, 6.07) is 8.98. The molecule has 0 saturated carbocycles. The Labute approximate surface area is 153 Å². The van der Waals surface area contributed by atoms with E-state index in [1.165, 1.54) is 63.2 Å². The van der Waals surface area contributed by atoms with Crippen molar-refractivity contribution in [3.8, 4) is 0 Å². The fourth-order valence-corrected chi connectivity index (χ4v) is 3.36. The molecule has 1 aliphatic rings. The van der Waals surface area contributed by atoms with E-state index in [-0.39, 0.29) is 12.1 Å². The quantitative estimate of drug-likeness (QED) is 0.259. The first-order valence-corrected chi connectivity index (χ1v) is 10.1. The number of ether oxygens (including phenoxy) is 2. The van der Waals surface area contributed by atoms with Crippen LogP contribution in [0.3, 0.4) is 0 Å². The van der Waals surface area contributed by atoms with E-state index >= 15 is 0 Å². The van der Waals surface area contributed by atoms with Crippen molar-refractivity contribution in [3.05, 3.63) is 35.4 Å². The molecule has 25 heavy (non-hydrogen) atoms. The molecule has 0 radical (unpaired) electrons. The maximum Gasteiger partial charge on any atom is 0.305 e. The molecule has 0 spiro atoms. The van der Waals surface area contributed by atoms with Crippen LogP contribution in [0.25, 0.3) is 0 Å². The van der Waals surface area contributed by atoms with E-state index in [1.54, 1.807) is 0 Å². The van der Waals surface area contributed by atoms with Crippen LogP contribution in [-0.4, -0.2) is 19.2 Å². The third-order valence-corrected chi connectivity index (χ3v) is 5.06. The lowest BCUT2D eigenvalue weighted by Gasteiger charge is -2.03. The van der Waals surface area contributed by atoms with E-state index in [9.17, 15) is 4.79 Å². The highest BCUT2D eigenvalue weighted by molar-refractivity contribution is 5.68. The zero-order valence-corrected chi connectivity index (χ0v) is 16.0. The summed E-state index contributed by atoms with van der Waals surface area (Å²) in [7, 11) is 1.44. The first-order valence-electron chi connectivity index (χ1n) is 10.1. The molecule has 0 amide bonds. The second-order valence-corrected chi connectivity index (χ2v) is 7.18. The van der Waals surface area contributed by atoms with E-state index in [4.69, 9.17) is 4.74 Å². The number of rotatable bonds is 13. The number of aryl methyl sites for hydroxylation is 1. The minimum absolute atomic E-state index is 0.116. The maximum absolute atomic E-state index is 11.1. The van der Waals surface area contributed by atoms with Gasteiger partial charge in [0.2, 0.25) is 0 Å². The van der Waals surface area contributed by atoms with Gasteiger partial charge in [-0.2, -0.15) is 0 Å². The number of methoxy groups -OCH3 is 1. The van der Waals surface area contributed by atoms with Gasteiger partial charge in [0.05, 0.1) is 13.2 Å². The first kappa shape index (κ1) is 20.0. The van der Waals surface area contributed by atoms with Crippen LogP contribution in [0.5, 0.6) is 0 Å². The average Bonchev–Trinajstić information content (AvgIpc) is 3.41. The van der Waals surface area contributed by atoms with Gasteiger partial charge in [0.15, 0.2) is 0 Å². The van der Waals surface area contributed by atoms with E-state index in [2.05, 4.69) is 35.9 Å². The Hall–Kier alpha value is -1.35. The summed E-state index contributed by atoms with van der Waals surface area (Å²) in [6.07, 6.45) is 13.3. The SMILES string of the molecule is CCCCCCCCc1ccc([C@H]2O[C@H]2CCCCC(=O)OC)cc1. The van der Waals surface area contributed by atoms with Crippen LogP contribution < -0.4 is 0 Å². The third-order valence-electron chi connectivity index (χ3n) is 5.06. The summed E-state index contributed by atoms with van der Waals surface area (Å²) in [5.74, 6) is -0.116. The van der Waals surface area contributed by atoms with Gasteiger partial charge in [0.1, 0.15) is 6.10 Å². The van der Waals surface area contributed by atoms with Crippen molar-refractivity contribution in [1.82, 2.24) is 0 Å². The Morgan fingerprint density at radius 3 is 2.44 bits per heavy atom. The number of hydrogen-bond acceptors (Lipinski definition) is 3. The monoisotopic (exact) mass is 346 g/mol. The molecular formula is C22H34O3. The second kappa shape index (κ2) is 11.3. The molecule has 1 heterocycles. The summed E-state index contributed by atoms with van der Waals surface area (Å²) < 4.78 is 10.5. The van der Waals surface area contributed by atoms with Crippen LogP contribution in [0.2, 0.25) is 0 Å². The molecular weight excluding hydrogens is 312 g/mol. The molecule has 2 rings (SSSR count). The first-order chi connectivity index (χ1) is 12.2. The number of esters is 1. The standard InChI is InChI=1S/C22H34O3/c1-3-4-5-6-7-8-11-18-14-16-19(17-15-18)22-20(25-22)12-9-10-13-21(23)24-2/h14-17,20,22H,3-13H2,1-2H3/t20-,22+/m0/s1. The van der Waals surface area contributed by atoms with Gasteiger partial charge >= 0.3 is 5.97 Å². The summed E-state index contributed by atoms with van der Waals surface area (Å²) in [6.45, 7) is 2.26. The van der Waals surface area contributed by atoms with E-state index in [0.29, 0.717) is 12.5 Å². The maximum atomic E-state index is 11.1. The molecule has 0 bridgehead atoms. The van der Waals surface area contributed by atoms with Crippen LogP contribution in [0.4, 0.5) is 0 Å². The Morgan fingerprint density at radius 2 is 1.72 bits per heavy atom. The highest BCUT2D eigenvalue weighted by Crippen LogP contribution is 2.41. The molecule has 0 N–H and O–H groups in total. The number of carbonyl (C=O) groups excluding carboxylic acids is 1. The summed E-state index contributed by atoms with van der Waals surface area (Å²) in [5, 5.41) is 0. The lowest BCUT2D eigenvalue weighted by molar-refractivity contribution is -0.140. The number of hydrogen-bond donors (Lipinski definition) is 0. The number of benzene rings is 1. The predicted molar refractivity (Wildman–Crippen MR) is 102 cm³/mol. The van der Waals surface area contributed by atoms with Crippen LogP contribution in [0.1, 0.15) is 88.4 Å². The van der Waals surface area contributed by atoms with E-state index in [1.807, 2.05) is 0 Å². The fourth-order valence-electron chi connectivity index (χ4n) is 3.36. The Bertz CT molecular complexity index is 494. The van der Waals surface area contributed by atoms with Gasteiger partial charge in [-0.3, -0.25) is 4.79 Å². The van der Waals surface area contributed by atoms with Crippen LogP contribution in [0.15, 0.2) is 24.3 Å². The second-order valence-electron chi connectivity index (χ2n) is 7.18. The van der Waals surface area contributed by atoms with Crippen molar-refractivity contribution in [2.75, 3.05) is 7.11 Å². The fraction of sp³-hybridized carbons (Fsp3) is 0.682. The molecule has 140 valence electrons. The average molecular weight is 347 g/mol. The summed E-state index contributed by atoms with van der Waals surface area (Å²) in [4.78, 5) is 11.1. The summed E-state index contributed by atoms with van der Waals surface area (Å²) in [5.41, 5.74) is 2.74. The number of carbonyl (C=O) groups is 1. The van der Waals surface area contributed by atoms with Gasteiger partial charge in [0.25, 0.3) is 0 Å². The van der Waals surface area contributed by atoms with Gasteiger partial charge in [-0.1, -0.05) is 69.7 Å². The van der Waals surface area contributed by atoms with E-state index in [0.717, 1.165) is 19.3 Å². The highest BCUT2D eigenvalue weighted by Gasteiger charge is 2.39. The van der Waals surface area contributed by atoms with Crippen molar-refractivity contribution in [3.63, 3.8) is 0 Å². The van der Waals surface area contributed by atoms with Gasteiger partial charge in [0, 0.05) is 6.42 Å². The van der Waals surface area contributed by atoms with Crippen LogP contribution in [-0.2, 0) is 20.7 Å². The van der Waals surface area contributed by atoms with Gasteiger partial charge in [-0.15, -0.1) is 0 Å². The molecule has 0 aromatic heterocycles. The molecule has 1 fully saturated rings. The Kier molecular flexibility index (Phi) is 9.03. The molecule has 2 atom stereocenters. The third kappa shape index (κ3) is 7.60. The predicted octanol–water partition coefficient (Wildman–Crippen LogP) is 5.76. The normalized spacial score (nSPS) is 19.0. The molecule has 1 saturated heterocycles.